The highest BCUT2D eigenvalue weighted by Crippen LogP contribution is 2.43. The van der Waals surface area contributed by atoms with Crippen LogP contribution in [0.3, 0.4) is 0 Å². The van der Waals surface area contributed by atoms with Crippen LogP contribution in [0.25, 0.3) is 11.1 Å². The van der Waals surface area contributed by atoms with Crippen molar-refractivity contribution >= 4 is 5.69 Å². The Bertz CT molecular complexity index is 673. The molecule has 1 heteroatoms. The zero-order valence-electron chi connectivity index (χ0n) is 13.5. The molecule has 1 aliphatic heterocycles. The molecule has 2 aromatic rings. The average Bonchev–Trinajstić information content (AvgIpc) is 3.16. The van der Waals surface area contributed by atoms with Gasteiger partial charge < -0.3 is 4.90 Å². The lowest BCUT2D eigenvalue weighted by Gasteiger charge is -2.29. The first-order valence-electron chi connectivity index (χ1n) is 8.85. The van der Waals surface area contributed by atoms with Gasteiger partial charge in [0.05, 0.1) is 0 Å². The number of benzene rings is 2. The lowest BCUT2D eigenvalue weighted by molar-refractivity contribution is 0.573. The third kappa shape index (κ3) is 2.24. The molecule has 1 saturated heterocycles. The second kappa shape index (κ2) is 5.79. The summed E-state index contributed by atoms with van der Waals surface area (Å²) in [5, 5.41) is 0. The number of anilines is 1. The highest BCUT2D eigenvalue weighted by atomic mass is 15.2. The lowest BCUT2D eigenvalue weighted by atomic mass is 10.0. The summed E-state index contributed by atoms with van der Waals surface area (Å²) in [4.78, 5) is 2.71. The van der Waals surface area contributed by atoms with E-state index in [4.69, 9.17) is 0 Å². The van der Waals surface area contributed by atoms with Crippen LogP contribution < -0.4 is 4.90 Å². The molecule has 1 heterocycles. The molecule has 1 aliphatic carbocycles. The van der Waals surface area contributed by atoms with Crippen LogP contribution in [0.1, 0.15) is 50.2 Å². The Hall–Kier alpha value is -1.76. The first kappa shape index (κ1) is 13.9. The van der Waals surface area contributed by atoms with Crippen molar-refractivity contribution in [3.63, 3.8) is 0 Å². The lowest BCUT2D eigenvalue weighted by Crippen LogP contribution is -2.29. The molecule has 2 aliphatic rings. The smallest absolute Gasteiger partial charge is 0.0410 e. The maximum atomic E-state index is 2.71. The molecule has 1 fully saturated rings. The molecule has 0 saturated carbocycles. The molecule has 0 spiro atoms. The third-order valence-electron chi connectivity index (χ3n) is 5.40. The fraction of sp³-hybridized carbons (Fsp3) is 0.429. The van der Waals surface area contributed by atoms with Crippen LogP contribution in [0.15, 0.2) is 42.5 Å². The number of fused-ring (bicyclic) bond motifs is 3. The summed E-state index contributed by atoms with van der Waals surface area (Å²) in [5.41, 5.74) is 7.48. The predicted molar refractivity (Wildman–Crippen MR) is 94.6 cm³/mol. The highest BCUT2D eigenvalue weighted by molar-refractivity contribution is 5.82. The number of hydrogen-bond acceptors (Lipinski definition) is 1. The van der Waals surface area contributed by atoms with E-state index in [2.05, 4.69) is 54.3 Å². The van der Waals surface area contributed by atoms with Crippen molar-refractivity contribution < 1.29 is 0 Å². The van der Waals surface area contributed by atoms with E-state index in [0.717, 1.165) is 12.5 Å². The molecule has 22 heavy (non-hydrogen) atoms. The molecule has 1 unspecified atom stereocenters. The third-order valence-corrected chi connectivity index (χ3v) is 5.40. The average molecular weight is 291 g/mol. The minimum atomic E-state index is 0.759. The van der Waals surface area contributed by atoms with Crippen LogP contribution in [0.4, 0.5) is 5.69 Å². The van der Waals surface area contributed by atoms with Crippen molar-refractivity contribution in [1.29, 1.82) is 0 Å². The van der Waals surface area contributed by atoms with Gasteiger partial charge >= 0.3 is 0 Å². The minimum Gasteiger partial charge on any atom is -0.368 e. The van der Waals surface area contributed by atoms with Crippen LogP contribution in [0.2, 0.25) is 0 Å². The molecule has 0 radical (unpaired) electrons. The quantitative estimate of drug-likeness (QED) is 0.620. The molecular weight excluding hydrogens is 266 g/mol. The largest absolute Gasteiger partial charge is 0.368 e. The van der Waals surface area contributed by atoms with E-state index in [1.165, 1.54) is 61.0 Å². The van der Waals surface area contributed by atoms with Gasteiger partial charge in [0.15, 0.2) is 0 Å². The monoisotopic (exact) mass is 291 g/mol. The standard InChI is InChI=1S/C21H25N/c1-2-3-9-17-10-7-14-22(17)21-13-6-12-19-18-11-5-4-8-16(18)15-20(19)21/h4-6,8,11-13,17H,2-3,7,9-10,14-15H2,1H3. The molecule has 0 bridgehead atoms. The Morgan fingerprint density at radius 1 is 1.05 bits per heavy atom. The van der Waals surface area contributed by atoms with Crippen molar-refractivity contribution in [3.8, 4) is 11.1 Å². The van der Waals surface area contributed by atoms with E-state index in [9.17, 15) is 0 Å². The summed E-state index contributed by atoms with van der Waals surface area (Å²) in [6.07, 6.45) is 7.85. The van der Waals surface area contributed by atoms with Crippen molar-refractivity contribution in [3.05, 3.63) is 53.6 Å². The molecule has 1 atom stereocenters. The molecule has 114 valence electrons. The fourth-order valence-corrected chi connectivity index (χ4v) is 4.30. The first-order chi connectivity index (χ1) is 10.9. The molecule has 4 rings (SSSR count). The second-order valence-electron chi connectivity index (χ2n) is 6.77. The normalized spacial score (nSPS) is 19.3. The molecule has 0 aromatic heterocycles. The van der Waals surface area contributed by atoms with Crippen LogP contribution in [0.5, 0.6) is 0 Å². The van der Waals surface area contributed by atoms with Crippen LogP contribution >= 0.6 is 0 Å². The maximum absolute atomic E-state index is 2.71. The summed E-state index contributed by atoms with van der Waals surface area (Å²) in [7, 11) is 0. The molecule has 1 nitrogen and oxygen atoms in total. The summed E-state index contributed by atoms with van der Waals surface area (Å²) in [6.45, 7) is 3.54. The SMILES string of the molecule is CCCCC1CCCN1c1cccc2c1Cc1ccccc1-2. The van der Waals surface area contributed by atoms with Gasteiger partial charge in [0, 0.05) is 24.7 Å². The van der Waals surface area contributed by atoms with Gasteiger partial charge in [-0.25, -0.2) is 0 Å². The van der Waals surface area contributed by atoms with E-state index < -0.39 is 0 Å². The van der Waals surface area contributed by atoms with Gasteiger partial charge in [0.1, 0.15) is 0 Å². The van der Waals surface area contributed by atoms with E-state index in [1.54, 1.807) is 5.56 Å². The van der Waals surface area contributed by atoms with Gasteiger partial charge in [-0.05, 0) is 47.6 Å². The second-order valence-corrected chi connectivity index (χ2v) is 6.77. The molecule has 2 aromatic carbocycles. The zero-order chi connectivity index (χ0) is 14.9. The van der Waals surface area contributed by atoms with E-state index in [1.807, 2.05) is 0 Å². The minimum absolute atomic E-state index is 0.759. The van der Waals surface area contributed by atoms with Gasteiger partial charge in [-0.1, -0.05) is 56.2 Å². The van der Waals surface area contributed by atoms with Crippen molar-refractivity contribution in [2.75, 3.05) is 11.4 Å². The Labute approximate surface area is 134 Å². The fourth-order valence-electron chi connectivity index (χ4n) is 4.30. The topological polar surface area (TPSA) is 3.24 Å². The van der Waals surface area contributed by atoms with Crippen LogP contribution in [-0.2, 0) is 6.42 Å². The molecule has 0 amide bonds. The summed E-state index contributed by atoms with van der Waals surface area (Å²) < 4.78 is 0. The van der Waals surface area contributed by atoms with E-state index in [-0.39, 0.29) is 0 Å². The Morgan fingerprint density at radius 2 is 1.91 bits per heavy atom. The Kier molecular flexibility index (Phi) is 3.65. The van der Waals surface area contributed by atoms with Crippen LogP contribution in [0, 0.1) is 0 Å². The van der Waals surface area contributed by atoms with Gasteiger partial charge in [-0.15, -0.1) is 0 Å². The highest BCUT2D eigenvalue weighted by Gasteiger charge is 2.29. The zero-order valence-corrected chi connectivity index (χ0v) is 13.5. The van der Waals surface area contributed by atoms with Crippen molar-refractivity contribution in [2.24, 2.45) is 0 Å². The van der Waals surface area contributed by atoms with Crippen molar-refractivity contribution in [2.45, 2.75) is 51.5 Å². The molecule has 0 N–H and O–H groups in total. The van der Waals surface area contributed by atoms with Gasteiger partial charge in [0.2, 0.25) is 0 Å². The van der Waals surface area contributed by atoms with E-state index >= 15 is 0 Å². The number of hydrogen-bond donors (Lipinski definition) is 0. The summed E-state index contributed by atoms with van der Waals surface area (Å²) in [6, 6.07) is 16.6. The number of unbranched alkanes of at least 4 members (excludes halogenated alkanes) is 1. The predicted octanol–water partition coefficient (Wildman–Crippen LogP) is 5.42. The number of rotatable bonds is 4. The Morgan fingerprint density at radius 3 is 2.82 bits per heavy atom. The first-order valence-corrected chi connectivity index (χ1v) is 8.85. The van der Waals surface area contributed by atoms with E-state index in [0.29, 0.717) is 0 Å². The van der Waals surface area contributed by atoms with Gasteiger partial charge in [-0.2, -0.15) is 0 Å². The Balaban J connectivity index is 1.70. The van der Waals surface area contributed by atoms with Crippen LogP contribution in [-0.4, -0.2) is 12.6 Å². The summed E-state index contributed by atoms with van der Waals surface area (Å²) in [5.74, 6) is 0. The van der Waals surface area contributed by atoms with Crippen molar-refractivity contribution in [1.82, 2.24) is 0 Å². The van der Waals surface area contributed by atoms with Gasteiger partial charge in [0.25, 0.3) is 0 Å². The number of nitrogens with zero attached hydrogens (tertiary/aromatic N) is 1. The summed E-state index contributed by atoms with van der Waals surface area (Å²) >= 11 is 0. The maximum Gasteiger partial charge on any atom is 0.0410 e. The van der Waals surface area contributed by atoms with Gasteiger partial charge in [-0.3, -0.25) is 0 Å². The molecular formula is C21H25N.